The molecule has 164 valence electrons. The minimum Gasteiger partial charge on any atom is -0.497 e. The molecule has 1 aromatic heterocycles. The van der Waals surface area contributed by atoms with Gasteiger partial charge < -0.3 is 20.3 Å². The van der Waals surface area contributed by atoms with Gasteiger partial charge in [-0.05, 0) is 48.4 Å². The van der Waals surface area contributed by atoms with E-state index in [9.17, 15) is 14.4 Å². The van der Waals surface area contributed by atoms with E-state index in [2.05, 4.69) is 17.2 Å². The fraction of sp³-hybridized carbons (Fsp3) is 0.348. The highest BCUT2D eigenvalue weighted by atomic mass is 32.1. The lowest BCUT2D eigenvalue weighted by Gasteiger charge is -2.35. The molecule has 31 heavy (non-hydrogen) atoms. The van der Waals surface area contributed by atoms with Crippen molar-refractivity contribution >= 4 is 29.1 Å². The summed E-state index contributed by atoms with van der Waals surface area (Å²) in [6.45, 7) is 4.98. The van der Waals surface area contributed by atoms with E-state index in [1.54, 1.807) is 54.5 Å². The van der Waals surface area contributed by atoms with Gasteiger partial charge >= 0.3 is 0 Å². The Morgan fingerprint density at radius 1 is 1.26 bits per heavy atom. The second kappa shape index (κ2) is 10.8. The van der Waals surface area contributed by atoms with E-state index in [4.69, 9.17) is 4.74 Å². The zero-order chi connectivity index (χ0) is 22.2. The van der Waals surface area contributed by atoms with Crippen LogP contribution in [0.4, 0.5) is 0 Å². The highest BCUT2D eigenvalue weighted by molar-refractivity contribution is 7.12. The van der Waals surface area contributed by atoms with Gasteiger partial charge in [0.15, 0.2) is 0 Å². The molecule has 1 aliphatic heterocycles. The number of carbonyl (C=O) groups is 3. The number of benzene rings is 1. The van der Waals surface area contributed by atoms with Crippen LogP contribution in [-0.4, -0.2) is 55.4 Å². The minimum atomic E-state index is -0.663. The Bertz CT molecular complexity index is 921. The average molecular weight is 442 g/mol. The van der Waals surface area contributed by atoms with Gasteiger partial charge in [0.2, 0.25) is 5.91 Å². The summed E-state index contributed by atoms with van der Waals surface area (Å²) in [5.41, 5.74) is 0.573. The molecule has 1 aliphatic rings. The molecule has 3 amide bonds. The molecule has 0 radical (unpaired) electrons. The van der Waals surface area contributed by atoms with Crippen molar-refractivity contribution < 1.29 is 19.1 Å². The first-order valence-corrected chi connectivity index (χ1v) is 11.1. The number of nitrogens with one attached hydrogen (secondary N) is 2. The Labute approximate surface area is 186 Å². The highest BCUT2D eigenvalue weighted by Crippen LogP contribution is 2.24. The van der Waals surface area contributed by atoms with Crippen molar-refractivity contribution in [1.82, 2.24) is 15.5 Å². The summed E-state index contributed by atoms with van der Waals surface area (Å²) in [4.78, 5) is 40.5. The number of likely N-dealkylation sites (tertiary alicyclic amines) is 1. The molecule has 0 bridgehead atoms. The Morgan fingerprint density at radius 2 is 2.03 bits per heavy atom. The Hall–Kier alpha value is -3.13. The summed E-state index contributed by atoms with van der Waals surface area (Å²) >= 11 is 1.33. The molecular weight excluding hydrogens is 414 g/mol. The Morgan fingerprint density at radius 3 is 2.68 bits per heavy atom. The molecule has 2 N–H and O–H groups in total. The number of methoxy groups -OCH3 is 1. The van der Waals surface area contributed by atoms with Crippen LogP contribution in [0.15, 0.2) is 54.4 Å². The highest BCUT2D eigenvalue weighted by Gasteiger charge is 2.34. The first-order chi connectivity index (χ1) is 15.0. The number of carbonyl (C=O) groups excluding carboxylic acids is 3. The summed E-state index contributed by atoms with van der Waals surface area (Å²) in [7, 11) is 1.57. The van der Waals surface area contributed by atoms with Gasteiger partial charge in [-0.2, -0.15) is 0 Å². The van der Waals surface area contributed by atoms with Gasteiger partial charge in [0.1, 0.15) is 11.8 Å². The largest absolute Gasteiger partial charge is 0.497 e. The van der Waals surface area contributed by atoms with Crippen LogP contribution in [-0.2, 0) is 4.79 Å². The molecular formula is C23H27N3O4S. The number of piperidine rings is 1. The molecule has 0 saturated carbocycles. The van der Waals surface area contributed by atoms with Crippen molar-refractivity contribution in [1.29, 1.82) is 0 Å². The zero-order valence-electron chi connectivity index (χ0n) is 17.5. The standard InChI is InChI=1S/C23H27N3O4S/c1-3-11-24-22(28)20(25-21(27)19-8-5-14-31-19)16-9-12-26(13-10-16)23(29)17-6-4-7-18(15-17)30-2/h3-8,14-16,20H,1,9-13H2,2H3,(H,24,28)(H,25,27)/t20-/m0/s1. The maximum atomic E-state index is 12.9. The Balaban J connectivity index is 1.66. The van der Waals surface area contributed by atoms with Gasteiger partial charge in [0.25, 0.3) is 11.8 Å². The number of nitrogens with zero attached hydrogens (tertiary/aromatic N) is 1. The maximum absolute atomic E-state index is 12.9. The van der Waals surface area contributed by atoms with E-state index in [0.29, 0.717) is 48.7 Å². The predicted molar refractivity (Wildman–Crippen MR) is 120 cm³/mol. The number of hydrogen-bond donors (Lipinski definition) is 2. The SMILES string of the molecule is C=CCNC(=O)[C@@H](NC(=O)c1cccs1)C1CCN(C(=O)c2cccc(OC)c2)CC1. The zero-order valence-corrected chi connectivity index (χ0v) is 18.3. The van der Waals surface area contributed by atoms with Gasteiger partial charge in [-0.15, -0.1) is 17.9 Å². The first-order valence-electron chi connectivity index (χ1n) is 10.2. The number of amides is 3. The van der Waals surface area contributed by atoms with Gasteiger partial charge in [-0.25, -0.2) is 0 Å². The lowest BCUT2D eigenvalue weighted by molar-refractivity contribution is -0.124. The molecule has 0 spiro atoms. The summed E-state index contributed by atoms with van der Waals surface area (Å²) in [5.74, 6) is 0.0118. The van der Waals surface area contributed by atoms with E-state index in [-0.39, 0.29) is 23.6 Å². The normalized spacial score (nSPS) is 15.1. The van der Waals surface area contributed by atoms with Crippen molar-refractivity contribution in [3.05, 3.63) is 64.9 Å². The average Bonchev–Trinajstić information content (AvgIpc) is 3.36. The maximum Gasteiger partial charge on any atom is 0.262 e. The van der Waals surface area contributed by atoms with Crippen LogP contribution >= 0.6 is 11.3 Å². The van der Waals surface area contributed by atoms with Gasteiger partial charge in [-0.1, -0.05) is 18.2 Å². The smallest absolute Gasteiger partial charge is 0.262 e. The first kappa shape index (κ1) is 22.6. The van der Waals surface area contributed by atoms with Crippen LogP contribution in [0.2, 0.25) is 0 Å². The lowest BCUT2D eigenvalue weighted by Crippen LogP contribution is -2.53. The molecule has 0 unspecified atom stereocenters. The molecule has 1 aromatic carbocycles. The van der Waals surface area contributed by atoms with Gasteiger partial charge in [-0.3, -0.25) is 14.4 Å². The summed E-state index contributed by atoms with van der Waals surface area (Å²) < 4.78 is 5.21. The predicted octanol–water partition coefficient (Wildman–Crippen LogP) is 2.71. The van der Waals surface area contributed by atoms with E-state index in [1.165, 1.54) is 11.3 Å². The molecule has 7 nitrogen and oxygen atoms in total. The van der Waals surface area contributed by atoms with Crippen LogP contribution in [0.1, 0.15) is 32.9 Å². The number of thiophene rings is 1. The van der Waals surface area contributed by atoms with Crippen molar-refractivity contribution in [2.75, 3.05) is 26.7 Å². The second-order valence-electron chi connectivity index (χ2n) is 7.32. The van der Waals surface area contributed by atoms with Crippen molar-refractivity contribution in [2.45, 2.75) is 18.9 Å². The molecule has 1 saturated heterocycles. The quantitative estimate of drug-likeness (QED) is 0.617. The second-order valence-corrected chi connectivity index (χ2v) is 8.27. The molecule has 1 fully saturated rings. The van der Waals surface area contributed by atoms with E-state index in [0.717, 1.165) is 0 Å². The summed E-state index contributed by atoms with van der Waals surface area (Å²) in [6.07, 6.45) is 2.84. The number of ether oxygens (including phenoxy) is 1. The third kappa shape index (κ3) is 5.73. The molecule has 2 aromatic rings. The van der Waals surface area contributed by atoms with Crippen molar-refractivity contribution in [2.24, 2.45) is 5.92 Å². The fourth-order valence-corrected chi connectivity index (χ4v) is 4.30. The number of rotatable bonds is 8. The molecule has 3 rings (SSSR count). The minimum absolute atomic E-state index is 0.0624. The van der Waals surface area contributed by atoms with E-state index in [1.807, 2.05) is 5.38 Å². The van der Waals surface area contributed by atoms with E-state index < -0.39 is 6.04 Å². The van der Waals surface area contributed by atoms with Crippen LogP contribution in [0.25, 0.3) is 0 Å². The third-order valence-corrected chi connectivity index (χ3v) is 6.22. The van der Waals surface area contributed by atoms with Crippen molar-refractivity contribution in [3.8, 4) is 5.75 Å². The summed E-state index contributed by atoms with van der Waals surface area (Å²) in [6, 6.07) is 9.95. The monoisotopic (exact) mass is 441 g/mol. The third-order valence-electron chi connectivity index (χ3n) is 5.35. The van der Waals surface area contributed by atoms with Gasteiger partial charge in [0, 0.05) is 25.2 Å². The van der Waals surface area contributed by atoms with Crippen molar-refractivity contribution in [3.63, 3.8) is 0 Å². The van der Waals surface area contributed by atoms with Crippen LogP contribution in [0.3, 0.4) is 0 Å². The molecule has 1 atom stereocenters. The summed E-state index contributed by atoms with van der Waals surface area (Å²) in [5, 5.41) is 7.51. The van der Waals surface area contributed by atoms with Crippen LogP contribution in [0, 0.1) is 5.92 Å². The fourth-order valence-electron chi connectivity index (χ4n) is 3.67. The number of hydrogen-bond acceptors (Lipinski definition) is 5. The van der Waals surface area contributed by atoms with Crippen LogP contribution in [0.5, 0.6) is 5.75 Å². The van der Waals surface area contributed by atoms with Crippen LogP contribution < -0.4 is 15.4 Å². The lowest BCUT2D eigenvalue weighted by atomic mass is 9.88. The molecule has 8 heteroatoms. The Kier molecular flexibility index (Phi) is 7.83. The van der Waals surface area contributed by atoms with E-state index >= 15 is 0 Å². The molecule has 0 aliphatic carbocycles. The molecule has 2 heterocycles. The topological polar surface area (TPSA) is 87.7 Å². The van der Waals surface area contributed by atoms with Gasteiger partial charge in [0.05, 0.1) is 12.0 Å².